The summed E-state index contributed by atoms with van der Waals surface area (Å²) in [5, 5.41) is 0. The van der Waals surface area contributed by atoms with Crippen molar-refractivity contribution in [2.75, 3.05) is 6.54 Å². The summed E-state index contributed by atoms with van der Waals surface area (Å²) in [6.45, 7) is 2.22. The fourth-order valence-corrected chi connectivity index (χ4v) is 2.81. The maximum atomic E-state index is 13.6. The van der Waals surface area contributed by atoms with Gasteiger partial charge in [0.05, 0.1) is 5.92 Å². The molecule has 120 valence electrons. The van der Waals surface area contributed by atoms with E-state index in [0.29, 0.717) is 19.4 Å². The van der Waals surface area contributed by atoms with Crippen molar-refractivity contribution in [2.24, 2.45) is 11.7 Å². The van der Waals surface area contributed by atoms with Gasteiger partial charge < -0.3 is 10.6 Å². The van der Waals surface area contributed by atoms with Crippen molar-refractivity contribution in [3.8, 4) is 0 Å². The molecule has 2 rings (SSSR count). The number of hydrogen-bond donors (Lipinski definition) is 1. The molecule has 0 radical (unpaired) electrons. The van der Waals surface area contributed by atoms with E-state index in [0.717, 1.165) is 6.07 Å². The highest BCUT2D eigenvalue weighted by molar-refractivity contribution is 5.80. The molecule has 0 bridgehead atoms. The molecule has 2 amide bonds. The van der Waals surface area contributed by atoms with E-state index < -0.39 is 17.5 Å². The lowest BCUT2D eigenvalue weighted by Crippen LogP contribution is -2.48. The number of amides is 2. The zero-order chi connectivity index (χ0) is 16.3. The van der Waals surface area contributed by atoms with Gasteiger partial charge in [0, 0.05) is 19.0 Å². The van der Waals surface area contributed by atoms with Crippen molar-refractivity contribution in [3.63, 3.8) is 0 Å². The molecule has 0 aromatic heterocycles. The normalized spacial score (nSPS) is 21.7. The third kappa shape index (κ3) is 3.61. The zero-order valence-electron chi connectivity index (χ0n) is 12.5. The molecule has 0 saturated carbocycles. The summed E-state index contributed by atoms with van der Waals surface area (Å²) in [4.78, 5) is 25.2. The average Bonchev–Trinajstić information content (AvgIpc) is 2.48. The lowest BCUT2D eigenvalue weighted by molar-refractivity contribution is -0.137. The zero-order valence-corrected chi connectivity index (χ0v) is 12.5. The fourth-order valence-electron chi connectivity index (χ4n) is 2.81. The highest BCUT2D eigenvalue weighted by atomic mass is 19.2. The minimum absolute atomic E-state index is 0.0282. The first-order valence-corrected chi connectivity index (χ1v) is 7.41. The predicted octanol–water partition coefficient (Wildman–Crippen LogP) is 2.01. The van der Waals surface area contributed by atoms with Crippen molar-refractivity contribution >= 4 is 11.8 Å². The summed E-state index contributed by atoms with van der Waals surface area (Å²) < 4.78 is 26.7. The minimum Gasteiger partial charge on any atom is -0.369 e. The third-order valence-corrected chi connectivity index (χ3v) is 4.24. The molecule has 0 aliphatic carbocycles. The van der Waals surface area contributed by atoms with Crippen molar-refractivity contribution in [3.05, 3.63) is 35.4 Å². The molecule has 0 unspecified atom stereocenters. The number of carbonyl (C=O) groups excluding carboxylic acids is 2. The Labute approximate surface area is 128 Å². The summed E-state index contributed by atoms with van der Waals surface area (Å²) >= 11 is 0. The maximum absolute atomic E-state index is 13.6. The van der Waals surface area contributed by atoms with Crippen LogP contribution in [0.3, 0.4) is 0 Å². The highest BCUT2D eigenvalue weighted by Crippen LogP contribution is 2.23. The fraction of sp³-hybridized carbons (Fsp3) is 0.500. The Morgan fingerprint density at radius 3 is 2.73 bits per heavy atom. The Kier molecular flexibility index (Phi) is 5.11. The molecule has 6 heteroatoms. The van der Waals surface area contributed by atoms with Gasteiger partial charge in [0.25, 0.3) is 0 Å². The number of benzene rings is 1. The Balaban J connectivity index is 1.99. The van der Waals surface area contributed by atoms with Crippen molar-refractivity contribution in [2.45, 2.75) is 38.6 Å². The summed E-state index contributed by atoms with van der Waals surface area (Å²) in [6, 6.07) is 3.97. The molecule has 22 heavy (non-hydrogen) atoms. The van der Waals surface area contributed by atoms with Gasteiger partial charge in [-0.2, -0.15) is 0 Å². The van der Waals surface area contributed by atoms with E-state index in [4.69, 9.17) is 5.73 Å². The molecule has 4 nitrogen and oxygen atoms in total. The van der Waals surface area contributed by atoms with E-state index in [9.17, 15) is 18.4 Å². The van der Waals surface area contributed by atoms with Crippen LogP contribution in [0.25, 0.3) is 0 Å². The number of primary amides is 1. The number of aryl methyl sites for hydroxylation is 1. The molecule has 1 heterocycles. The molecule has 2 atom stereocenters. The van der Waals surface area contributed by atoms with E-state index >= 15 is 0 Å². The summed E-state index contributed by atoms with van der Waals surface area (Å²) in [6.07, 6.45) is 1.61. The van der Waals surface area contributed by atoms with Crippen LogP contribution in [0.15, 0.2) is 18.2 Å². The van der Waals surface area contributed by atoms with E-state index in [1.807, 2.05) is 6.92 Å². The van der Waals surface area contributed by atoms with Gasteiger partial charge in [-0.15, -0.1) is 0 Å². The SMILES string of the molecule is C[C@@H]1CC[C@@H](C(N)=O)CN1C(=O)CCc1cccc(F)c1F. The standard InChI is InChI=1S/C16H20F2N2O2/c1-10-5-6-12(16(19)22)9-20(10)14(21)8-7-11-3-2-4-13(17)15(11)18/h2-4,10,12H,5-9H2,1H3,(H2,19,22)/t10-,12-/m1/s1. The summed E-state index contributed by atoms with van der Waals surface area (Å²) in [5.41, 5.74) is 5.49. The van der Waals surface area contributed by atoms with Gasteiger partial charge in [0.15, 0.2) is 11.6 Å². The van der Waals surface area contributed by atoms with Crippen LogP contribution in [0.2, 0.25) is 0 Å². The van der Waals surface area contributed by atoms with Gasteiger partial charge >= 0.3 is 0 Å². The Bertz CT molecular complexity index is 577. The molecular weight excluding hydrogens is 290 g/mol. The molecule has 1 fully saturated rings. The van der Waals surface area contributed by atoms with Gasteiger partial charge in [0.1, 0.15) is 0 Å². The Morgan fingerprint density at radius 1 is 1.32 bits per heavy atom. The number of rotatable bonds is 4. The topological polar surface area (TPSA) is 63.4 Å². The molecule has 1 aliphatic rings. The van der Waals surface area contributed by atoms with Crippen LogP contribution in [0.5, 0.6) is 0 Å². The molecule has 1 saturated heterocycles. The van der Waals surface area contributed by atoms with Gasteiger partial charge in [-0.25, -0.2) is 8.78 Å². The number of likely N-dealkylation sites (tertiary alicyclic amines) is 1. The second-order valence-corrected chi connectivity index (χ2v) is 5.78. The number of carbonyl (C=O) groups is 2. The molecule has 1 aromatic carbocycles. The number of halogens is 2. The second-order valence-electron chi connectivity index (χ2n) is 5.78. The third-order valence-electron chi connectivity index (χ3n) is 4.24. The number of nitrogens with two attached hydrogens (primary N) is 1. The number of hydrogen-bond acceptors (Lipinski definition) is 2. The van der Waals surface area contributed by atoms with Crippen LogP contribution < -0.4 is 5.73 Å². The van der Waals surface area contributed by atoms with E-state index in [1.165, 1.54) is 12.1 Å². The van der Waals surface area contributed by atoms with E-state index in [2.05, 4.69) is 0 Å². The number of nitrogens with zero attached hydrogens (tertiary/aromatic N) is 1. The lowest BCUT2D eigenvalue weighted by Gasteiger charge is -2.37. The van der Waals surface area contributed by atoms with Gasteiger partial charge in [-0.1, -0.05) is 12.1 Å². The van der Waals surface area contributed by atoms with Crippen LogP contribution in [0, 0.1) is 17.6 Å². The molecule has 1 aromatic rings. The molecule has 2 N–H and O–H groups in total. The first kappa shape index (κ1) is 16.4. The largest absolute Gasteiger partial charge is 0.369 e. The monoisotopic (exact) mass is 310 g/mol. The van der Waals surface area contributed by atoms with Crippen LogP contribution in [-0.2, 0) is 16.0 Å². The summed E-state index contributed by atoms with van der Waals surface area (Å²) in [7, 11) is 0. The van der Waals surface area contributed by atoms with Gasteiger partial charge in [0.2, 0.25) is 11.8 Å². The van der Waals surface area contributed by atoms with Gasteiger partial charge in [-0.3, -0.25) is 9.59 Å². The van der Waals surface area contributed by atoms with Crippen molar-refractivity contribution in [1.82, 2.24) is 4.90 Å². The smallest absolute Gasteiger partial charge is 0.223 e. The van der Waals surface area contributed by atoms with Crippen LogP contribution in [0.1, 0.15) is 31.7 Å². The van der Waals surface area contributed by atoms with Crippen LogP contribution in [-0.4, -0.2) is 29.3 Å². The van der Waals surface area contributed by atoms with Gasteiger partial charge in [-0.05, 0) is 37.8 Å². The lowest BCUT2D eigenvalue weighted by atomic mass is 9.92. The van der Waals surface area contributed by atoms with E-state index in [1.54, 1.807) is 4.90 Å². The highest BCUT2D eigenvalue weighted by Gasteiger charge is 2.31. The second kappa shape index (κ2) is 6.85. The Hall–Kier alpha value is -1.98. The summed E-state index contributed by atoms with van der Waals surface area (Å²) in [5.74, 6) is -2.71. The molecular formula is C16H20F2N2O2. The maximum Gasteiger partial charge on any atom is 0.223 e. The minimum atomic E-state index is -0.912. The predicted molar refractivity (Wildman–Crippen MR) is 77.8 cm³/mol. The van der Waals surface area contributed by atoms with Crippen LogP contribution in [0.4, 0.5) is 8.78 Å². The quantitative estimate of drug-likeness (QED) is 0.924. The molecule has 1 aliphatic heterocycles. The number of piperidine rings is 1. The van der Waals surface area contributed by atoms with E-state index in [-0.39, 0.29) is 36.3 Å². The van der Waals surface area contributed by atoms with Crippen molar-refractivity contribution < 1.29 is 18.4 Å². The first-order valence-electron chi connectivity index (χ1n) is 7.41. The first-order chi connectivity index (χ1) is 10.4. The average molecular weight is 310 g/mol. The molecule has 0 spiro atoms. The Morgan fingerprint density at radius 2 is 2.05 bits per heavy atom. The van der Waals surface area contributed by atoms with Crippen LogP contribution >= 0.6 is 0 Å². The van der Waals surface area contributed by atoms with Crippen molar-refractivity contribution in [1.29, 1.82) is 0 Å².